The molecule has 8 N–H and O–H groups in total. The van der Waals surface area contributed by atoms with Gasteiger partial charge in [-0.3, -0.25) is 20.8 Å². The number of nitrogens with one attached hydrogen (secondary N) is 4. The zero-order valence-corrected chi connectivity index (χ0v) is 26.4. The summed E-state index contributed by atoms with van der Waals surface area (Å²) in [6.07, 6.45) is 9.91. The minimum absolute atomic E-state index is 0.120. The van der Waals surface area contributed by atoms with Crippen molar-refractivity contribution in [1.29, 1.82) is 5.41 Å². The molecule has 4 unspecified atom stereocenters. The van der Waals surface area contributed by atoms with Gasteiger partial charge in [0, 0.05) is 29.3 Å². The fourth-order valence-electron chi connectivity index (χ4n) is 7.35. The number of benzene rings is 1. The van der Waals surface area contributed by atoms with Crippen LogP contribution in [0.2, 0.25) is 0 Å². The molecule has 0 aromatic heterocycles. The van der Waals surface area contributed by atoms with Gasteiger partial charge in [0.05, 0.1) is 30.9 Å². The van der Waals surface area contributed by atoms with Gasteiger partial charge in [-0.15, -0.1) is 0 Å². The number of allylic oxidation sites excluding steroid dienone is 2. The quantitative estimate of drug-likeness (QED) is 0.0987. The number of guanidine groups is 2. The van der Waals surface area contributed by atoms with Crippen LogP contribution in [0.5, 0.6) is 0 Å². The molecule has 12 nitrogen and oxygen atoms in total. The number of hydrogen-bond donors (Lipinski definition) is 7. The van der Waals surface area contributed by atoms with Crippen LogP contribution in [0.4, 0.5) is 5.69 Å². The number of ether oxygens (including phenoxy) is 1. The predicted molar refractivity (Wildman–Crippen MR) is 178 cm³/mol. The second-order valence-electron chi connectivity index (χ2n) is 13.0. The summed E-state index contributed by atoms with van der Waals surface area (Å²) in [4.78, 5) is 34.1. The number of cyclic esters (lactones) is 1. The van der Waals surface area contributed by atoms with Gasteiger partial charge in [0.2, 0.25) is 11.9 Å². The summed E-state index contributed by atoms with van der Waals surface area (Å²) in [6, 6.07) is 6.27. The van der Waals surface area contributed by atoms with Gasteiger partial charge < -0.3 is 26.0 Å². The second-order valence-corrected chi connectivity index (χ2v) is 13.0. The Hall–Kier alpha value is -4.39. The molecule has 0 bridgehead atoms. The van der Waals surface area contributed by atoms with Crippen LogP contribution in [0.3, 0.4) is 0 Å². The Bertz CT molecular complexity index is 1560. The van der Waals surface area contributed by atoms with E-state index in [1.165, 1.54) is 0 Å². The minimum Gasteiger partial charge on any atom is -0.423 e. The summed E-state index contributed by atoms with van der Waals surface area (Å²) < 4.78 is 5.53. The van der Waals surface area contributed by atoms with Gasteiger partial charge in [-0.2, -0.15) is 0 Å². The standard InChI is InChI=1S/C34H43N7O5/c1-19-25(10-7-22-16-24(46-30(22)45)15-21-5-8-23(9-6-21)40-31(35)36)33(3)12-11-28(43)34(4,18-42)27(33)17-26(19)39-20(2)29(44)41-32-37-13-14-38-32/h5-10,13,15-16,20,25-28,39,42-43H,1,11-12,14,17-18H2,2-4H3,(H4,35,36,40)(H,38,41,44)/b10-7+,24-15+/t20?,25?,26?,27?,28-,33-,34+/m1/s1. The van der Waals surface area contributed by atoms with Crippen molar-refractivity contribution in [2.75, 3.05) is 18.5 Å². The van der Waals surface area contributed by atoms with E-state index in [1.807, 2.05) is 25.1 Å². The maximum Gasteiger partial charge on any atom is 0.343 e. The third kappa shape index (κ3) is 6.60. The summed E-state index contributed by atoms with van der Waals surface area (Å²) in [5, 5.41) is 37.9. The SMILES string of the molecule is C=C1C(NC(C)C(=O)NC2=NCC=N2)CC2[C@](C)(CC[C@@H](O)[C@@]2(C)CO)C1/C=C/C1=CC(=C\c2ccc(NC(=N)N)cc2)/OC1=O. The molecule has 2 heterocycles. The number of aliphatic imine (C=N–C) groups is 2. The van der Waals surface area contributed by atoms with E-state index in [0.29, 0.717) is 42.8 Å². The van der Waals surface area contributed by atoms with Crippen molar-refractivity contribution in [3.8, 4) is 0 Å². The predicted octanol–water partition coefficient (Wildman–Crippen LogP) is 2.63. The Kier molecular flexibility index (Phi) is 9.43. The fourth-order valence-corrected chi connectivity index (χ4v) is 7.35. The molecule has 2 saturated carbocycles. The van der Waals surface area contributed by atoms with E-state index in [9.17, 15) is 19.8 Å². The number of fused-ring (bicyclic) bond motifs is 1. The Balaban J connectivity index is 1.40. The number of esters is 1. The molecule has 0 saturated heterocycles. The van der Waals surface area contributed by atoms with E-state index in [0.717, 1.165) is 11.1 Å². The number of amides is 1. The van der Waals surface area contributed by atoms with Crippen LogP contribution in [0.1, 0.15) is 45.6 Å². The first-order valence-corrected chi connectivity index (χ1v) is 15.5. The van der Waals surface area contributed by atoms with E-state index in [4.69, 9.17) is 15.9 Å². The number of carbonyl (C=O) groups excluding carboxylic acids is 2. The van der Waals surface area contributed by atoms with Crippen LogP contribution in [-0.2, 0) is 14.3 Å². The Morgan fingerprint density at radius 3 is 2.67 bits per heavy atom. The average Bonchev–Trinajstić information content (AvgIpc) is 3.65. The molecule has 2 fully saturated rings. The largest absolute Gasteiger partial charge is 0.423 e. The smallest absolute Gasteiger partial charge is 0.343 e. The molecule has 4 aliphatic rings. The molecule has 46 heavy (non-hydrogen) atoms. The second kappa shape index (κ2) is 13.1. The maximum absolute atomic E-state index is 13.0. The number of carbonyl (C=O) groups is 2. The lowest BCUT2D eigenvalue weighted by molar-refractivity contribution is -0.149. The molecule has 12 heteroatoms. The monoisotopic (exact) mass is 629 g/mol. The normalized spacial score (nSPS) is 32.2. The van der Waals surface area contributed by atoms with E-state index >= 15 is 0 Å². The van der Waals surface area contributed by atoms with Gasteiger partial charge in [-0.25, -0.2) is 14.8 Å². The molecule has 1 amide bonds. The molecular weight excluding hydrogens is 586 g/mol. The zero-order valence-electron chi connectivity index (χ0n) is 26.4. The zero-order chi connectivity index (χ0) is 33.2. The molecule has 0 spiro atoms. The number of aliphatic hydroxyl groups excluding tert-OH is 2. The number of rotatable bonds is 8. The molecule has 5 rings (SSSR count). The molecule has 1 aromatic carbocycles. The van der Waals surface area contributed by atoms with Crippen LogP contribution >= 0.6 is 0 Å². The Morgan fingerprint density at radius 1 is 1.28 bits per heavy atom. The highest BCUT2D eigenvalue weighted by molar-refractivity contribution is 6.04. The number of anilines is 1. The Morgan fingerprint density at radius 2 is 2.02 bits per heavy atom. The summed E-state index contributed by atoms with van der Waals surface area (Å²) in [5.41, 5.74) is 6.97. The summed E-state index contributed by atoms with van der Waals surface area (Å²) in [7, 11) is 0. The topological polar surface area (TPSA) is 195 Å². The van der Waals surface area contributed by atoms with Crippen LogP contribution in [0.15, 0.2) is 76.0 Å². The third-order valence-electron chi connectivity index (χ3n) is 10.0. The lowest BCUT2D eigenvalue weighted by atomic mass is 9.45. The lowest BCUT2D eigenvalue weighted by Crippen LogP contribution is -2.62. The molecular formula is C34H43N7O5. The van der Waals surface area contributed by atoms with E-state index in [2.05, 4.69) is 39.4 Å². The van der Waals surface area contributed by atoms with Crippen LogP contribution in [0.25, 0.3) is 6.08 Å². The first-order valence-electron chi connectivity index (χ1n) is 15.5. The first kappa shape index (κ1) is 33.0. The van der Waals surface area contributed by atoms with Crippen molar-refractivity contribution in [1.82, 2.24) is 10.6 Å². The third-order valence-corrected chi connectivity index (χ3v) is 10.0. The molecule has 7 atom stereocenters. The number of nitrogens with two attached hydrogens (primary N) is 1. The highest BCUT2D eigenvalue weighted by atomic mass is 16.5. The van der Waals surface area contributed by atoms with E-state index in [1.54, 1.807) is 43.5 Å². The van der Waals surface area contributed by atoms with Crippen LogP contribution < -0.4 is 21.7 Å². The molecule has 2 aliphatic carbocycles. The first-order chi connectivity index (χ1) is 21.8. The molecule has 0 radical (unpaired) electrons. The summed E-state index contributed by atoms with van der Waals surface area (Å²) >= 11 is 0. The van der Waals surface area contributed by atoms with Gasteiger partial charge in [0.25, 0.3) is 0 Å². The number of aliphatic hydroxyl groups is 2. The van der Waals surface area contributed by atoms with Crippen LogP contribution in [0, 0.1) is 28.1 Å². The van der Waals surface area contributed by atoms with Gasteiger partial charge in [-0.1, -0.05) is 50.3 Å². The van der Waals surface area contributed by atoms with Gasteiger partial charge >= 0.3 is 5.97 Å². The molecule has 1 aromatic rings. The molecule has 2 aliphatic heterocycles. The average molecular weight is 630 g/mol. The Labute approximate surface area is 268 Å². The fraction of sp³-hybridized carbons (Fsp3) is 0.441. The van der Waals surface area contributed by atoms with Crippen molar-refractivity contribution < 1.29 is 24.5 Å². The van der Waals surface area contributed by atoms with Crippen molar-refractivity contribution in [2.45, 2.75) is 58.2 Å². The van der Waals surface area contributed by atoms with Gasteiger partial charge in [0.15, 0.2) is 5.96 Å². The van der Waals surface area contributed by atoms with E-state index < -0.39 is 23.5 Å². The number of hydrogen-bond acceptors (Lipinski definition) is 9. The van der Waals surface area contributed by atoms with Gasteiger partial charge in [-0.05, 0) is 67.4 Å². The summed E-state index contributed by atoms with van der Waals surface area (Å²) in [5.74, 6) is -0.582. The summed E-state index contributed by atoms with van der Waals surface area (Å²) in [6.45, 7) is 10.6. The maximum atomic E-state index is 13.0. The van der Waals surface area contributed by atoms with Crippen molar-refractivity contribution in [2.24, 2.45) is 38.4 Å². The van der Waals surface area contributed by atoms with Crippen molar-refractivity contribution in [3.63, 3.8) is 0 Å². The van der Waals surface area contributed by atoms with Gasteiger partial charge in [0.1, 0.15) is 5.76 Å². The van der Waals surface area contributed by atoms with Crippen molar-refractivity contribution in [3.05, 3.63) is 71.5 Å². The number of nitrogens with zero attached hydrogens (tertiary/aromatic N) is 2. The van der Waals surface area contributed by atoms with E-state index in [-0.39, 0.29) is 47.7 Å². The lowest BCUT2D eigenvalue weighted by Gasteiger charge is -2.61. The minimum atomic E-state index is -0.768. The molecule has 244 valence electrons. The van der Waals surface area contributed by atoms with Crippen LogP contribution in [-0.4, -0.2) is 71.6 Å². The highest BCUT2D eigenvalue weighted by Gasteiger charge is 2.59. The van der Waals surface area contributed by atoms with Crippen molar-refractivity contribution >= 4 is 41.8 Å². The highest BCUT2D eigenvalue weighted by Crippen LogP contribution is 2.61.